The van der Waals surface area contributed by atoms with Gasteiger partial charge < -0.3 is 14.3 Å². The number of rotatable bonds is 6. The molecule has 1 heterocycles. The van der Waals surface area contributed by atoms with Crippen LogP contribution >= 0.6 is 24.2 Å². The zero-order chi connectivity index (χ0) is 20.1. The minimum Gasteiger partial charge on any atom is -0.399 e. The van der Waals surface area contributed by atoms with Gasteiger partial charge in [0.05, 0.1) is 24.0 Å². The molecule has 158 valence electrons. The van der Waals surface area contributed by atoms with Gasteiger partial charge in [0.25, 0.3) is 0 Å². The van der Waals surface area contributed by atoms with Crippen LogP contribution in [0.25, 0.3) is 0 Å². The second-order valence-corrected chi connectivity index (χ2v) is 8.14. The molecule has 0 N–H and O–H groups in total. The van der Waals surface area contributed by atoms with Gasteiger partial charge in [0.2, 0.25) is 0 Å². The molecule has 3 rings (SSSR count). The summed E-state index contributed by atoms with van der Waals surface area (Å²) in [4.78, 5) is 6.69. The van der Waals surface area contributed by atoms with E-state index in [0.717, 1.165) is 26.6 Å². The fourth-order valence-corrected chi connectivity index (χ4v) is 4.49. The van der Waals surface area contributed by atoms with Crippen LogP contribution in [0.2, 0.25) is 0 Å². The lowest BCUT2D eigenvalue weighted by atomic mass is 9.83. The molecule has 0 aromatic heterocycles. The predicted octanol–water partition coefficient (Wildman–Crippen LogP) is 5.81. The summed E-state index contributed by atoms with van der Waals surface area (Å²) in [6, 6.07) is 13.1. The third-order valence-corrected chi connectivity index (χ3v) is 6.03. The van der Waals surface area contributed by atoms with Gasteiger partial charge in [0.1, 0.15) is 12.9 Å². The number of hydrogen-bond acceptors (Lipinski definition) is 5. The van der Waals surface area contributed by atoms with Gasteiger partial charge in [0.15, 0.2) is 0 Å². The Bertz CT molecular complexity index is 846. The SMILES string of the molecule is CO/N=C(/C)c1ccc(Sc2cc(F)cc([C@@]3(OC)CCO[C@@H](C)C3)c2)cc1.Cl. The molecule has 0 aliphatic carbocycles. The van der Waals surface area contributed by atoms with Crippen LogP contribution in [0, 0.1) is 5.82 Å². The number of ether oxygens (including phenoxy) is 2. The van der Waals surface area contributed by atoms with Crippen molar-refractivity contribution in [2.24, 2.45) is 5.16 Å². The van der Waals surface area contributed by atoms with Crippen molar-refractivity contribution in [3.63, 3.8) is 0 Å². The van der Waals surface area contributed by atoms with E-state index in [-0.39, 0.29) is 24.3 Å². The molecule has 1 fully saturated rings. The maximum atomic E-state index is 14.4. The van der Waals surface area contributed by atoms with Crippen molar-refractivity contribution in [3.8, 4) is 0 Å². The molecule has 0 bridgehead atoms. The van der Waals surface area contributed by atoms with Crippen molar-refractivity contribution in [1.82, 2.24) is 0 Å². The number of nitrogens with zero attached hydrogens (tertiary/aromatic N) is 1. The Morgan fingerprint density at radius 2 is 1.90 bits per heavy atom. The van der Waals surface area contributed by atoms with Gasteiger partial charge in [-0.05, 0) is 55.3 Å². The number of benzene rings is 2. The molecule has 4 nitrogen and oxygen atoms in total. The molecule has 2 aromatic rings. The van der Waals surface area contributed by atoms with Crippen molar-refractivity contribution in [1.29, 1.82) is 0 Å². The van der Waals surface area contributed by atoms with Crippen LogP contribution in [-0.2, 0) is 19.9 Å². The molecule has 2 atom stereocenters. The summed E-state index contributed by atoms with van der Waals surface area (Å²) in [6.07, 6.45) is 1.51. The second-order valence-electron chi connectivity index (χ2n) is 7.00. The highest BCUT2D eigenvalue weighted by Gasteiger charge is 2.38. The minimum absolute atomic E-state index is 0. The molecule has 1 saturated heterocycles. The van der Waals surface area contributed by atoms with Crippen LogP contribution in [0.1, 0.15) is 37.8 Å². The summed E-state index contributed by atoms with van der Waals surface area (Å²) in [5, 5.41) is 3.94. The van der Waals surface area contributed by atoms with Crippen molar-refractivity contribution in [2.75, 3.05) is 20.8 Å². The Balaban J connectivity index is 0.00000300. The lowest BCUT2D eigenvalue weighted by Gasteiger charge is -2.39. The number of halogens is 2. The maximum Gasteiger partial charge on any atom is 0.124 e. The molecular weight excluding hydrogens is 413 g/mol. The van der Waals surface area contributed by atoms with Crippen molar-refractivity contribution in [3.05, 3.63) is 59.4 Å². The van der Waals surface area contributed by atoms with Crippen LogP contribution in [0.4, 0.5) is 4.39 Å². The maximum absolute atomic E-state index is 14.4. The highest BCUT2D eigenvalue weighted by Crippen LogP contribution is 2.40. The molecular formula is C22H27ClFNO3S. The van der Waals surface area contributed by atoms with E-state index < -0.39 is 5.60 Å². The first-order valence-corrected chi connectivity index (χ1v) is 10.1. The van der Waals surface area contributed by atoms with Crippen LogP contribution in [0.3, 0.4) is 0 Å². The Morgan fingerprint density at radius 1 is 1.17 bits per heavy atom. The lowest BCUT2D eigenvalue weighted by Crippen LogP contribution is -2.39. The van der Waals surface area contributed by atoms with Crippen LogP contribution in [0.15, 0.2) is 57.4 Å². The molecule has 7 heteroatoms. The topological polar surface area (TPSA) is 40.0 Å². The number of oxime groups is 1. The Labute approximate surface area is 182 Å². The molecule has 0 spiro atoms. The molecule has 29 heavy (non-hydrogen) atoms. The first kappa shape index (κ1) is 23.7. The summed E-state index contributed by atoms with van der Waals surface area (Å²) < 4.78 is 26.0. The Morgan fingerprint density at radius 3 is 2.52 bits per heavy atom. The fourth-order valence-electron chi connectivity index (χ4n) is 3.59. The van der Waals surface area contributed by atoms with E-state index in [1.54, 1.807) is 19.2 Å². The first-order valence-electron chi connectivity index (χ1n) is 9.29. The largest absolute Gasteiger partial charge is 0.399 e. The molecule has 0 saturated carbocycles. The standard InChI is InChI=1S/C22H26FNO3S.ClH/c1-15-14-22(25-3,9-10-27-15)18-11-19(23)13-21(12-18)28-20-7-5-17(6-8-20)16(2)24-26-4;/h5-8,11-13,15H,9-10,14H2,1-4H3;1H/b24-16-;/t15-,22+;/m0./s1. The Hall–Kier alpha value is -1.60. The van der Waals surface area contributed by atoms with Gasteiger partial charge in [-0.1, -0.05) is 29.1 Å². The smallest absolute Gasteiger partial charge is 0.124 e. The van der Waals surface area contributed by atoms with Crippen molar-refractivity contribution in [2.45, 2.75) is 48.2 Å². The fraction of sp³-hybridized carbons (Fsp3) is 0.409. The number of hydrogen-bond donors (Lipinski definition) is 0. The summed E-state index contributed by atoms with van der Waals surface area (Å²) in [6.45, 7) is 4.53. The van der Waals surface area contributed by atoms with Gasteiger partial charge in [-0.2, -0.15) is 0 Å². The monoisotopic (exact) mass is 439 g/mol. The van der Waals surface area contributed by atoms with Crippen molar-refractivity contribution < 1.29 is 18.7 Å². The quantitative estimate of drug-likeness (QED) is 0.420. The van der Waals surface area contributed by atoms with Crippen LogP contribution in [0.5, 0.6) is 0 Å². The number of methoxy groups -OCH3 is 1. The van der Waals surface area contributed by atoms with E-state index in [1.807, 2.05) is 44.2 Å². The second kappa shape index (κ2) is 10.4. The average molecular weight is 440 g/mol. The lowest BCUT2D eigenvalue weighted by molar-refractivity contribution is -0.122. The summed E-state index contributed by atoms with van der Waals surface area (Å²) in [5.74, 6) is -0.254. The zero-order valence-corrected chi connectivity index (χ0v) is 18.7. The molecule has 0 amide bonds. The Kier molecular flexibility index (Phi) is 8.52. The van der Waals surface area contributed by atoms with E-state index in [2.05, 4.69) is 5.16 Å². The van der Waals surface area contributed by atoms with Crippen LogP contribution < -0.4 is 0 Å². The van der Waals surface area contributed by atoms with Gasteiger partial charge >= 0.3 is 0 Å². The average Bonchev–Trinajstić information content (AvgIpc) is 2.68. The summed E-state index contributed by atoms with van der Waals surface area (Å²) in [5.41, 5.74) is 2.16. The highest BCUT2D eigenvalue weighted by atomic mass is 35.5. The third-order valence-electron chi connectivity index (χ3n) is 5.05. The van der Waals surface area contributed by atoms with E-state index in [4.69, 9.17) is 14.3 Å². The predicted molar refractivity (Wildman–Crippen MR) is 117 cm³/mol. The molecule has 0 radical (unpaired) electrons. The minimum atomic E-state index is -0.507. The van der Waals surface area contributed by atoms with Gasteiger partial charge in [-0.25, -0.2) is 4.39 Å². The summed E-state index contributed by atoms with van der Waals surface area (Å²) >= 11 is 1.53. The van der Waals surface area contributed by atoms with Gasteiger partial charge in [-0.3, -0.25) is 0 Å². The van der Waals surface area contributed by atoms with Gasteiger partial charge in [-0.15, -0.1) is 12.4 Å². The molecule has 1 aliphatic rings. The molecule has 2 aromatic carbocycles. The van der Waals surface area contributed by atoms with E-state index >= 15 is 0 Å². The van der Waals surface area contributed by atoms with E-state index in [9.17, 15) is 4.39 Å². The normalized spacial score (nSPS) is 22.1. The van der Waals surface area contributed by atoms with Crippen molar-refractivity contribution >= 4 is 29.9 Å². The molecule has 0 unspecified atom stereocenters. The first-order chi connectivity index (χ1) is 13.5. The molecule has 1 aliphatic heterocycles. The van der Waals surface area contributed by atoms with Gasteiger partial charge in [0, 0.05) is 29.7 Å². The van der Waals surface area contributed by atoms with Crippen LogP contribution in [-0.4, -0.2) is 32.6 Å². The van der Waals surface area contributed by atoms with E-state index in [0.29, 0.717) is 19.4 Å². The zero-order valence-electron chi connectivity index (χ0n) is 17.1. The van der Waals surface area contributed by atoms with E-state index in [1.165, 1.54) is 18.9 Å². The summed E-state index contributed by atoms with van der Waals surface area (Å²) in [7, 11) is 3.22. The highest BCUT2D eigenvalue weighted by molar-refractivity contribution is 7.99. The third kappa shape index (κ3) is 5.72.